The van der Waals surface area contributed by atoms with Gasteiger partial charge in [-0.1, -0.05) is 60.1 Å². The fraction of sp³-hybridized carbons (Fsp3) is 0.0400. The minimum atomic E-state index is -0.297. The second kappa shape index (κ2) is 9.87. The third kappa shape index (κ3) is 5.68. The largest absolute Gasteiger partial charge is 0.487 e. The summed E-state index contributed by atoms with van der Waals surface area (Å²) < 4.78 is 19.0. The lowest BCUT2D eigenvalue weighted by Gasteiger charge is -2.12. The molecule has 6 heteroatoms. The molecule has 1 aromatic heterocycles. The second-order valence-electron chi connectivity index (χ2n) is 6.76. The van der Waals surface area contributed by atoms with E-state index in [2.05, 4.69) is 15.3 Å². The summed E-state index contributed by atoms with van der Waals surface area (Å²) in [5, 5.41) is 3.71. The summed E-state index contributed by atoms with van der Waals surface area (Å²) in [6.45, 7) is 0.227. The standard InChI is InChI=1S/C25H19ClFN3O/c26-23-14-22(11-12-24(23)31-16-19-7-4-8-21(27)13-19)30-25-20(15-28-17-29-25)10-9-18-5-2-1-3-6-18/h1-15,17H,16H2,(H,28,29,30)/b10-9+. The summed E-state index contributed by atoms with van der Waals surface area (Å²) in [6.07, 6.45) is 7.18. The molecule has 1 heterocycles. The van der Waals surface area contributed by atoms with Crippen molar-refractivity contribution in [2.24, 2.45) is 0 Å². The SMILES string of the molecule is Fc1cccc(COc2ccc(Nc3ncncc3/C=C/c3ccccc3)cc2Cl)c1. The maximum absolute atomic E-state index is 13.3. The number of ether oxygens (including phenoxy) is 1. The van der Waals surface area contributed by atoms with Crippen molar-refractivity contribution in [2.75, 3.05) is 5.32 Å². The molecule has 4 aromatic rings. The Morgan fingerprint density at radius 3 is 2.65 bits per heavy atom. The average molecular weight is 432 g/mol. The summed E-state index contributed by atoms with van der Waals surface area (Å²) >= 11 is 6.39. The van der Waals surface area contributed by atoms with Gasteiger partial charge >= 0.3 is 0 Å². The molecule has 0 fully saturated rings. The molecule has 0 saturated heterocycles. The number of hydrogen-bond acceptors (Lipinski definition) is 4. The Labute approximate surface area is 185 Å². The van der Waals surface area contributed by atoms with Crippen molar-refractivity contribution in [2.45, 2.75) is 6.61 Å². The van der Waals surface area contributed by atoms with E-state index in [-0.39, 0.29) is 12.4 Å². The first kappa shape index (κ1) is 20.6. The molecule has 0 saturated carbocycles. The zero-order chi connectivity index (χ0) is 21.5. The first-order valence-corrected chi connectivity index (χ1v) is 10.0. The summed E-state index contributed by atoms with van der Waals surface area (Å²) in [5.41, 5.74) is 3.42. The quantitative estimate of drug-likeness (QED) is 0.351. The van der Waals surface area contributed by atoms with E-state index in [0.717, 1.165) is 22.4 Å². The van der Waals surface area contributed by atoms with Crippen LogP contribution in [-0.4, -0.2) is 9.97 Å². The third-order valence-corrected chi connectivity index (χ3v) is 4.77. The van der Waals surface area contributed by atoms with Crippen LogP contribution in [0, 0.1) is 5.82 Å². The molecule has 1 N–H and O–H groups in total. The van der Waals surface area contributed by atoms with Crippen LogP contribution in [0.15, 0.2) is 85.3 Å². The van der Waals surface area contributed by atoms with Crippen LogP contribution in [0.2, 0.25) is 5.02 Å². The highest BCUT2D eigenvalue weighted by molar-refractivity contribution is 6.32. The number of aromatic nitrogens is 2. The van der Waals surface area contributed by atoms with Crippen molar-refractivity contribution in [3.63, 3.8) is 0 Å². The fourth-order valence-corrected chi connectivity index (χ4v) is 3.17. The van der Waals surface area contributed by atoms with Crippen LogP contribution >= 0.6 is 11.6 Å². The number of rotatable bonds is 7. The van der Waals surface area contributed by atoms with Crippen LogP contribution in [0.4, 0.5) is 15.9 Å². The van der Waals surface area contributed by atoms with Crippen LogP contribution < -0.4 is 10.1 Å². The lowest BCUT2D eigenvalue weighted by atomic mass is 10.2. The fourth-order valence-electron chi connectivity index (χ4n) is 2.94. The van der Waals surface area contributed by atoms with Crippen molar-refractivity contribution < 1.29 is 9.13 Å². The van der Waals surface area contributed by atoms with E-state index in [1.165, 1.54) is 18.5 Å². The van der Waals surface area contributed by atoms with Crippen LogP contribution in [0.3, 0.4) is 0 Å². The smallest absolute Gasteiger partial charge is 0.141 e. The topological polar surface area (TPSA) is 47.0 Å². The molecule has 0 amide bonds. The van der Waals surface area contributed by atoms with E-state index < -0.39 is 0 Å². The first-order valence-electron chi connectivity index (χ1n) is 9.64. The maximum Gasteiger partial charge on any atom is 0.141 e. The molecule has 0 aliphatic rings. The molecule has 0 bridgehead atoms. The molecule has 0 unspecified atom stereocenters. The number of halogens is 2. The number of benzene rings is 3. The van der Waals surface area contributed by atoms with Gasteiger partial charge in [0.05, 0.1) is 5.02 Å². The van der Waals surface area contributed by atoms with E-state index in [1.54, 1.807) is 30.5 Å². The molecule has 0 spiro atoms. The number of nitrogens with one attached hydrogen (secondary N) is 1. The minimum absolute atomic E-state index is 0.227. The first-order chi connectivity index (χ1) is 15.2. The van der Waals surface area contributed by atoms with Gasteiger partial charge in [0.25, 0.3) is 0 Å². The molecule has 4 nitrogen and oxygen atoms in total. The Morgan fingerprint density at radius 2 is 1.84 bits per heavy atom. The summed E-state index contributed by atoms with van der Waals surface area (Å²) in [5.74, 6) is 0.878. The lowest BCUT2D eigenvalue weighted by molar-refractivity contribution is 0.306. The molecule has 4 rings (SSSR count). The highest BCUT2D eigenvalue weighted by Crippen LogP contribution is 2.30. The molecular formula is C25H19ClFN3O. The van der Waals surface area contributed by atoms with Crippen LogP contribution in [0.25, 0.3) is 12.2 Å². The molecule has 3 aromatic carbocycles. The molecule has 0 radical (unpaired) electrons. The Bertz CT molecular complexity index is 1200. The summed E-state index contributed by atoms with van der Waals surface area (Å²) in [4.78, 5) is 8.45. The number of hydrogen-bond donors (Lipinski definition) is 1. The highest BCUT2D eigenvalue weighted by atomic mass is 35.5. The van der Waals surface area contributed by atoms with Gasteiger partial charge < -0.3 is 10.1 Å². The Morgan fingerprint density at radius 1 is 0.968 bits per heavy atom. The Balaban J connectivity index is 1.46. The van der Waals surface area contributed by atoms with Gasteiger partial charge in [-0.3, -0.25) is 0 Å². The maximum atomic E-state index is 13.3. The number of anilines is 2. The second-order valence-corrected chi connectivity index (χ2v) is 7.17. The molecule has 0 aliphatic carbocycles. The van der Waals surface area contributed by atoms with Gasteiger partial charge in [0.2, 0.25) is 0 Å². The summed E-state index contributed by atoms with van der Waals surface area (Å²) in [7, 11) is 0. The Kier molecular flexibility index (Phi) is 6.55. The molecule has 154 valence electrons. The van der Waals surface area contributed by atoms with E-state index >= 15 is 0 Å². The van der Waals surface area contributed by atoms with Crippen LogP contribution in [0.1, 0.15) is 16.7 Å². The van der Waals surface area contributed by atoms with E-state index in [0.29, 0.717) is 16.6 Å². The normalized spacial score (nSPS) is 10.9. The van der Waals surface area contributed by atoms with Crippen LogP contribution in [-0.2, 0) is 6.61 Å². The predicted octanol–water partition coefficient (Wildman–Crippen LogP) is 6.76. The van der Waals surface area contributed by atoms with Crippen LogP contribution in [0.5, 0.6) is 5.75 Å². The van der Waals surface area contributed by atoms with Gasteiger partial charge in [-0.05, 0) is 47.5 Å². The molecular weight excluding hydrogens is 413 g/mol. The van der Waals surface area contributed by atoms with Gasteiger partial charge in [-0.2, -0.15) is 0 Å². The van der Waals surface area contributed by atoms with Gasteiger partial charge in [0.1, 0.15) is 30.3 Å². The third-order valence-electron chi connectivity index (χ3n) is 4.47. The van der Waals surface area contributed by atoms with E-state index in [9.17, 15) is 4.39 Å². The zero-order valence-corrected chi connectivity index (χ0v) is 17.3. The summed E-state index contributed by atoms with van der Waals surface area (Å²) in [6, 6.07) is 21.6. The molecule has 0 atom stereocenters. The lowest BCUT2D eigenvalue weighted by Crippen LogP contribution is -1.99. The van der Waals surface area contributed by atoms with E-state index in [4.69, 9.17) is 16.3 Å². The van der Waals surface area contributed by atoms with Gasteiger partial charge in [0, 0.05) is 17.4 Å². The van der Waals surface area contributed by atoms with Gasteiger partial charge in [-0.15, -0.1) is 0 Å². The monoisotopic (exact) mass is 431 g/mol. The van der Waals surface area contributed by atoms with Crippen molar-refractivity contribution >= 4 is 35.3 Å². The Hall–Kier alpha value is -3.70. The van der Waals surface area contributed by atoms with Crippen molar-refractivity contribution in [1.29, 1.82) is 0 Å². The molecule has 0 aliphatic heterocycles. The van der Waals surface area contributed by atoms with Crippen molar-refractivity contribution in [3.8, 4) is 5.75 Å². The van der Waals surface area contributed by atoms with E-state index in [1.807, 2.05) is 48.6 Å². The average Bonchev–Trinajstić information content (AvgIpc) is 2.79. The highest BCUT2D eigenvalue weighted by Gasteiger charge is 2.07. The van der Waals surface area contributed by atoms with Gasteiger partial charge in [0.15, 0.2) is 0 Å². The molecule has 31 heavy (non-hydrogen) atoms. The predicted molar refractivity (Wildman–Crippen MR) is 123 cm³/mol. The van der Waals surface area contributed by atoms with Crippen molar-refractivity contribution in [3.05, 3.63) is 113 Å². The zero-order valence-electron chi connectivity index (χ0n) is 16.5. The van der Waals surface area contributed by atoms with Gasteiger partial charge in [-0.25, -0.2) is 14.4 Å². The van der Waals surface area contributed by atoms with Crippen molar-refractivity contribution in [1.82, 2.24) is 9.97 Å². The minimum Gasteiger partial charge on any atom is -0.487 e. The number of nitrogens with zero attached hydrogens (tertiary/aromatic N) is 2.